The maximum Gasteiger partial charge on any atom is 0.233 e. The van der Waals surface area contributed by atoms with Crippen LogP contribution in [-0.2, 0) is 16.1 Å². The molecule has 0 radical (unpaired) electrons. The van der Waals surface area contributed by atoms with E-state index in [2.05, 4.69) is 22.5 Å². The van der Waals surface area contributed by atoms with E-state index in [4.69, 9.17) is 15.2 Å². The number of guanidine groups is 1. The number of carbonyl (C=O) groups is 2. The molecule has 30 heavy (non-hydrogen) atoms. The van der Waals surface area contributed by atoms with E-state index in [-0.39, 0.29) is 65.4 Å². The Kier molecular flexibility index (Phi) is 6.89. The van der Waals surface area contributed by atoms with Gasteiger partial charge in [-0.2, -0.15) is 0 Å². The van der Waals surface area contributed by atoms with Crippen LogP contribution >= 0.6 is 24.0 Å². The summed E-state index contributed by atoms with van der Waals surface area (Å²) < 4.78 is 10.5. The van der Waals surface area contributed by atoms with Crippen LogP contribution < -0.4 is 20.5 Å². The van der Waals surface area contributed by atoms with Gasteiger partial charge < -0.3 is 20.5 Å². The second-order valence-electron chi connectivity index (χ2n) is 7.65. The lowest BCUT2D eigenvalue weighted by Crippen LogP contribution is -2.41. The Balaban J connectivity index is 0.00000256. The van der Waals surface area contributed by atoms with Crippen LogP contribution in [0.4, 0.5) is 0 Å². The summed E-state index contributed by atoms with van der Waals surface area (Å²) in [5.41, 5.74) is 6.86. The zero-order chi connectivity index (χ0) is 20.5. The summed E-state index contributed by atoms with van der Waals surface area (Å²) >= 11 is 0. The van der Waals surface area contributed by atoms with Gasteiger partial charge in [-0.05, 0) is 36.0 Å². The van der Waals surface area contributed by atoms with Crippen LogP contribution in [0.1, 0.15) is 12.0 Å². The lowest BCUT2D eigenvalue weighted by molar-refractivity contribution is -0.140. The number of carbonyl (C=O) groups excluding carboxylic acids is 2. The average Bonchev–Trinajstić information content (AvgIpc) is 3.41. The van der Waals surface area contributed by atoms with Crippen LogP contribution in [0.15, 0.2) is 35.3 Å². The van der Waals surface area contributed by atoms with Crippen molar-refractivity contribution in [2.75, 3.05) is 27.3 Å². The highest BCUT2D eigenvalue weighted by Gasteiger charge is 2.58. The average molecular weight is 526 g/mol. The number of hydrogen-bond donors (Lipinski definition) is 2. The van der Waals surface area contributed by atoms with E-state index >= 15 is 0 Å². The molecular formula is C21H27IN4O4. The number of aliphatic imine (C=N–C) groups is 1. The Morgan fingerprint density at radius 2 is 1.77 bits per heavy atom. The second kappa shape index (κ2) is 9.23. The summed E-state index contributed by atoms with van der Waals surface area (Å²) in [5, 5.41) is 2.99. The van der Waals surface area contributed by atoms with Crippen molar-refractivity contribution < 1.29 is 19.1 Å². The first-order valence-corrected chi connectivity index (χ1v) is 9.81. The fraction of sp³-hybridized carbons (Fsp3) is 0.476. The van der Waals surface area contributed by atoms with Gasteiger partial charge in [0.1, 0.15) is 0 Å². The first-order valence-electron chi connectivity index (χ1n) is 9.81. The van der Waals surface area contributed by atoms with Gasteiger partial charge in [0.05, 0.1) is 32.6 Å². The minimum absolute atomic E-state index is 0. The van der Waals surface area contributed by atoms with Gasteiger partial charge in [-0.15, -0.1) is 24.0 Å². The number of imide groups is 1. The minimum atomic E-state index is -0.159. The molecule has 9 heteroatoms. The second-order valence-corrected chi connectivity index (χ2v) is 7.65. The molecule has 2 fully saturated rings. The number of halogens is 1. The van der Waals surface area contributed by atoms with Crippen molar-refractivity contribution in [1.82, 2.24) is 10.2 Å². The van der Waals surface area contributed by atoms with E-state index in [1.54, 1.807) is 14.2 Å². The van der Waals surface area contributed by atoms with Gasteiger partial charge in [-0.25, -0.2) is 4.99 Å². The number of nitrogens with zero attached hydrogens (tertiary/aromatic N) is 2. The van der Waals surface area contributed by atoms with Crippen LogP contribution in [0.2, 0.25) is 0 Å². The van der Waals surface area contributed by atoms with Gasteiger partial charge in [0.15, 0.2) is 17.5 Å². The zero-order valence-corrected chi connectivity index (χ0v) is 19.4. The minimum Gasteiger partial charge on any atom is -0.493 e. The highest BCUT2D eigenvalue weighted by Crippen LogP contribution is 2.52. The molecule has 3 aliphatic rings. The lowest BCUT2D eigenvalue weighted by atomic mass is 9.85. The fourth-order valence-electron chi connectivity index (χ4n) is 4.69. The van der Waals surface area contributed by atoms with E-state index in [9.17, 15) is 9.59 Å². The van der Waals surface area contributed by atoms with Gasteiger partial charge in [-0.3, -0.25) is 14.5 Å². The standard InChI is InChI=1S/C21H26N4O4.HI/c1-28-15-6-3-12(9-16(15)29-2)11-24-21(22)23-7-8-25-19(26)17-13-4-5-14(10-13)18(17)20(25)27;/h3-6,9,13-14,17-18H,7-8,10-11H2,1-2H3,(H3,22,23,24);1H. The smallest absolute Gasteiger partial charge is 0.233 e. The van der Waals surface area contributed by atoms with Gasteiger partial charge >= 0.3 is 0 Å². The Morgan fingerprint density at radius 3 is 2.37 bits per heavy atom. The Morgan fingerprint density at radius 1 is 1.13 bits per heavy atom. The van der Waals surface area contributed by atoms with Crippen molar-refractivity contribution in [3.05, 3.63) is 35.9 Å². The number of hydrogen-bond acceptors (Lipinski definition) is 5. The number of nitrogens with two attached hydrogens (primary N) is 1. The van der Waals surface area contributed by atoms with E-state index in [0.29, 0.717) is 31.1 Å². The molecule has 3 N–H and O–H groups in total. The molecule has 2 bridgehead atoms. The Bertz CT molecular complexity index is 858. The zero-order valence-electron chi connectivity index (χ0n) is 17.0. The SMILES string of the molecule is COc1ccc(CN=C(N)NCCN2C(=O)C3C4C=CC(C4)C3C2=O)cc1OC.I. The Labute approximate surface area is 192 Å². The van der Waals surface area contributed by atoms with Crippen molar-refractivity contribution in [2.45, 2.75) is 13.0 Å². The molecule has 1 aromatic rings. The van der Waals surface area contributed by atoms with Crippen LogP contribution in [-0.4, -0.2) is 50.0 Å². The number of benzene rings is 1. The van der Waals surface area contributed by atoms with Crippen molar-refractivity contribution in [1.29, 1.82) is 0 Å². The molecule has 1 aliphatic heterocycles. The summed E-state index contributed by atoms with van der Waals surface area (Å²) in [6.45, 7) is 1.05. The molecule has 162 valence electrons. The van der Waals surface area contributed by atoms with Gasteiger partial charge in [0.2, 0.25) is 11.8 Å². The van der Waals surface area contributed by atoms with Gasteiger partial charge in [-0.1, -0.05) is 18.2 Å². The molecule has 1 aromatic carbocycles. The number of nitrogens with one attached hydrogen (secondary N) is 1. The normalized spacial score (nSPS) is 26.6. The van der Waals surface area contributed by atoms with E-state index in [1.807, 2.05) is 18.2 Å². The fourth-order valence-corrected chi connectivity index (χ4v) is 4.69. The van der Waals surface area contributed by atoms with Crippen LogP contribution in [0.25, 0.3) is 0 Å². The third-order valence-corrected chi connectivity index (χ3v) is 6.08. The maximum atomic E-state index is 12.6. The van der Waals surface area contributed by atoms with E-state index < -0.39 is 0 Å². The topological polar surface area (TPSA) is 106 Å². The quantitative estimate of drug-likeness (QED) is 0.184. The number of amides is 2. The summed E-state index contributed by atoms with van der Waals surface area (Å²) in [6.07, 6.45) is 5.13. The first-order chi connectivity index (χ1) is 14.0. The highest BCUT2D eigenvalue weighted by atomic mass is 127. The lowest BCUT2D eigenvalue weighted by Gasteiger charge is -2.17. The largest absolute Gasteiger partial charge is 0.493 e. The summed E-state index contributed by atoms with van der Waals surface area (Å²) in [5.74, 6) is 1.61. The Hall–Kier alpha value is -2.30. The molecule has 4 atom stereocenters. The first kappa shape index (κ1) is 22.4. The molecule has 0 spiro atoms. The van der Waals surface area contributed by atoms with Crippen molar-refractivity contribution in [2.24, 2.45) is 34.4 Å². The predicted octanol–water partition coefficient (Wildman–Crippen LogP) is 1.53. The van der Waals surface area contributed by atoms with Crippen molar-refractivity contribution in [3.8, 4) is 11.5 Å². The monoisotopic (exact) mass is 526 g/mol. The number of rotatable bonds is 7. The molecule has 0 aromatic heterocycles. The maximum absolute atomic E-state index is 12.6. The van der Waals surface area contributed by atoms with E-state index in [1.165, 1.54) is 4.90 Å². The van der Waals surface area contributed by atoms with Crippen LogP contribution in [0.5, 0.6) is 11.5 Å². The molecule has 1 saturated heterocycles. The molecule has 2 amide bonds. The summed E-state index contributed by atoms with van der Waals surface area (Å²) in [7, 11) is 3.17. The number of allylic oxidation sites excluding steroid dienone is 2. The molecule has 8 nitrogen and oxygen atoms in total. The third kappa shape index (κ3) is 3.99. The molecule has 2 aliphatic carbocycles. The number of ether oxygens (including phenoxy) is 2. The molecule has 4 rings (SSSR count). The summed E-state index contributed by atoms with van der Waals surface area (Å²) in [4.78, 5) is 31.0. The number of likely N-dealkylation sites (tertiary alicyclic amines) is 1. The highest BCUT2D eigenvalue weighted by molar-refractivity contribution is 14.0. The number of fused-ring (bicyclic) bond motifs is 5. The van der Waals surface area contributed by atoms with Crippen LogP contribution in [0, 0.1) is 23.7 Å². The predicted molar refractivity (Wildman–Crippen MR) is 123 cm³/mol. The van der Waals surface area contributed by atoms with Crippen LogP contribution in [0.3, 0.4) is 0 Å². The third-order valence-electron chi connectivity index (χ3n) is 6.08. The molecule has 1 saturated carbocycles. The van der Waals surface area contributed by atoms with E-state index in [0.717, 1.165) is 12.0 Å². The molecule has 1 heterocycles. The van der Waals surface area contributed by atoms with Crippen molar-refractivity contribution in [3.63, 3.8) is 0 Å². The van der Waals surface area contributed by atoms with Gasteiger partial charge in [0, 0.05) is 13.1 Å². The molecule has 4 unspecified atom stereocenters. The number of methoxy groups -OCH3 is 2. The summed E-state index contributed by atoms with van der Waals surface area (Å²) in [6, 6.07) is 5.55. The molecular weight excluding hydrogens is 499 g/mol. The van der Waals surface area contributed by atoms with Crippen molar-refractivity contribution >= 4 is 41.8 Å². The van der Waals surface area contributed by atoms with Gasteiger partial charge in [0.25, 0.3) is 0 Å².